The van der Waals surface area contributed by atoms with Crippen LogP contribution < -0.4 is 5.69 Å². The first-order valence-electron chi connectivity index (χ1n) is 5.81. The molecule has 0 spiro atoms. The molecule has 20 heavy (non-hydrogen) atoms. The minimum absolute atomic E-state index is 0.0656. The number of aromatic nitrogens is 2. The molecule has 100 valence electrons. The molecule has 0 unspecified atom stereocenters. The Morgan fingerprint density at radius 2 is 1.85 bits per heavy atom. The number of H-pyrrole nitrogens is 1. The summed E-state index contributed by atoms with van der Waals surface area (Å²) in [7, 11) is 0. The largest absolute Gasteiger partial charge is 0.478 e. The normalized spacial score (nSPS) is 10.8. The topological polar surface area (TPSA) is 75.1 Å². The Kier molecular flexibility index (Phi) is 2.84. The van der Waals surface area contributed by atoms with Crippen molar-refractivity contribution in [1.29, 1.82) is 0 Å². The molecule has 0 aliphatic heterocycles. The quantitative estimate of drug-likeness (QED) is 0.761. The number of carbonyl (C=O) groups is 1. The summed E-state index contributed by atoms with van der Waals surface area (Å²) in [6.07, 6.45) is 0. The number of fused-ring (bicyclic) bond motifs is 1. The van der Waals surface area contributed by atoms with Crippen LogP contribution in [0.3, 0.4) is 0 Å². The van der Waals surface area contributed by atoms with Crippen molar-refractivity contribution >= 4 is 28.6 Å². The van der Waals surface area contributed by atoms with Crippen LogP contribution in [-0.4, -0.2) is 20.6 Å². The molecule has 1 aromatic heterocycles. The number of halogens is 1. The van der Waals surface area contributed by atoms with E-state index in [4.69, 9.17) is 11.6 Å². The average Bonchev–Trinajstić information content (AvgIpc) is 2.75. The molecule has 2 N–H and O–H groups in total. The molecule has 0 radical (unpaired) electrons. The van der Waals surface area contributed by atoms with E-state index in [-0.39, 0.29) is 5.56 Å². The Balaban J connectivity index is 2.40. The fourth-order valence-corrected chi connectivity index (χ4v) is 2.29. The number of aromatic amines is 1. The van der Waals surface area contributed by atoms with Crippen molar-refractivity contribution in [2.75, 3.05) is 0 Å². The average molecular weight is 289 g/mol. The van der Waals surface area contributed by atoms with Gasteiger partial charge in [-0.25, -0.2) is 9.59 Å². The molecule has 6 heteroatoms. The molecule has 2 aromatic carbocycles. The molecule has 0 bridgehead atoms. The Morgan fingerprint density at radius 1 is 1.15 bits per heavy atom. The third-order valence-corrected chi connectivity index (χ3v) is 3.27. The highest BCUT2D eigenvalue weighted by molar-refractivity contribution is 6.30. The van der Waals surface area contributed by atoms with E-state index in [9.17, 15) is 14.7 Å². The number of nitrogens with zero attached hydrogens (tertiary/aromatic N) is 1. The molecule has 5 nitrogen and oxygen atoms in total. The van der Waals surface area contributed by atoms with Crippen LogP contribution in [0.4, 0.5) is 0 Å². The fraction of sp³-hybridized carbons (Fsp3) is 0. The molecule has 0 atom stereocenters. The van der Waals surface area contributed by atoms with E-state index in [0.717, 1.165) is 0 Å². The number of hydrogen-bond donors (Lipinski definition) is 2. The van der Waals surface area contributed by atoms with E-state index in [1.807, 2.05) is 0 Å². The maximum Gasteiger partial charge on any atom is 0.337 e. The fourth-order valence-electron chi connectivity index (χ4n) is 2.17. The highest BCUT2D eigenvalue weighted by Gasteiger charge is 2.16. The van der Waals surface area contributed by atoms with E-state index >= 15 is 0 Å². The van der Waals surface area contributed by atoms with Crippen molar-refractivity contribution < 1.29 is 9.90 Å². The Morgan fingerprint density at radius 3 is 2.50 bits per heavy atom. The summed E-state index contributed by atoms with van der Waals surface area (Å²) in [6.45, 7) is 0. The lowest BCUT2D eigenvalue weighted by Gasteiger charge is -2.05. The second-order valence-electron chi connectivity index (χ2n) is 4.25. The second-order valence-corrected chi connectivity index (χ2v) is 4.69. The van der Waals surface area contributed by atoms with Crippen molar-refractivity contribution in [3.63, 3.8) is 0 Å². The Bertz CT molecular complexity index is 862. The van der Waals surface area contributed by atoms with Gasteiger partial charge in [0.1, 0.15) is 0 Å². The number of benzene rings is 2. The van der Waals surface area contributed by atoms with Crippen LogP contribution in [0.2, 0.25) is 5.02 Å². The first kappa shape index (κ1) is 12.5. The number of imidazole rings is 1. The monoisotopic (exact) mass is 288 g/mol. The van der Waals surface area contributed by atoms with E-state index < -0.39 is 11.7 Å². The number of carboxylic acids is 1. The third-order valence-electron chi connectivity index (χ3n) is 3.02. The highest BCUT2D eigenvalue weighted by Crippen LogP contribution is 2.21. The standard InChI is InChI=1S/C14H9ClN2O3/c15-8-4-6-9(7-5-8)17-12-10(13(18)19)2-1-3-11(12)16-14(17)20/h1-7H,(H,16,20)(H,18,19). The predicted molar refractivity (Wildman–Crippen MR) is 75.9 cm³/mol. The van der Waals surface area contributed by atoms with Crippen LogP contribution in [0.5, 0.6) is 0 Å². The lowest BCUT2D eigenvalue weighted by Crippen LogP contribution is -2.15. The first-order chi connectivity index (χ1) is 9.58. The first-order valence-corrected chi connectivity index (χ1v) is 6.19. The minimum atomic E-state index is -1.09. The van der Waals surface area contributed by atoms with Gasteiger partial charge in [-0.15, -0.1) is 0 Å². The van der Waals surface area contributed by atoms with Crippen molar-refractivity contribution in [3.8, 4) is 5.69 Å². The third kappa shape index (κ3) is 1.88. The van der Waals surface area contributed by atoms with Crippen molar-refractivity contribution in [3.05, 3.63) is 63.5 Å². The summed E-state index contributed by atoms with van der Waals surface area (Å²) >= 11 is 5.82. The van der Waals surface area contributed by atoms with Gasteiger partial charge in [-0.3, -0.25) is 4.57 Å². The molecule has 1 heterocycles. The van der Waals surface area contributed by atoms with E-state index in [1.54, 1.807) is 36.4 Å². The molecule has 0 aliphatic carbocycles. The van der Waals surface area contributed by atoms with Crippen LogP contribution in [-0.2, 0) is 0 Å². The molecule has 0 saturated heterocycles. The van der Waals surface area contributed by atoms with E-state index in [0.29, 0.717) is 21.7 Å². The number of para-hydroxylation sites is 1. The van der Waals surface area contributed by atoms with Crippen molar-refractivity contribution in [2.45, 2.75) is 0 Å². The van der Waals surface area contributed by atoms with Gasteiger partial charge in [0.05, 0.1) is 22.3 Å². The molecule has 3 aromatic rings. The lowest BCUT2D eigenvalue weighted by molar-refractivity contribution is 0.0698. The molecular formula is C14H9ClN2O3. The zero-order valence-corrected chi connectivity index (χ0v) is 10.9. The summed E-state index contributed by atoms with van der Waals surface area (Å²) < 4.78 is 1.33. The van der Waals surface area contributed by atoms with Crippen LogP contribution in [0.1, 0.15) is 10.4 Å². The van der Waals surface area contributed by atoms with Crippen LogP contribution in [0.25, 0.3) is 16.7 Å². The van der Waals surface area contributed by atoms with Crippen LogP contribution >= 0.6 is 11.6 Å². The van der Waals surface area contributed by atoms with Crippen molar-refractivity contribution in [2.24, 2.45) is 0 Å². The van der Waals surface area contributed by atoms with E-state index in [1.165, 1.54) is 10.6 Å². The number of aromatic carboxylic acids is 1. The van der Waals surface area contributed by atoms with Gasteiger partial charge in [-0.1, -0.05) is 17.7 Å². The number of carboxylic acid groups (broad SMARTS) is 1. The van der Waals surface area contributed by atoms with Gasteiger partial charge in [0.25, 0.3) is 0 Å². The van der Waals surface area contributed by atoms with Gasteiger partial charge >= 0.3 is 11.7 Å². The molecule has 0 amide bonds. The minimum Gasteiger partial charge on any atom is -0.478 e. The molecule has 0 fully saturated rings. The zero-order valence-electron chi connectivity index (χ0n) is 10.1. The van der Waals surface area contributed by atoms with Crippen LogP contribution in [0, 0.1) is 0 Å². The maximum absolute atomic E-state index is 12.1. The summed E-state index contributed by atoms with van der Waals surface area (Å²) in [4.78, 5) is 26.0. The van der Waals surface area contributed by atoms with Crippen LogP contribution in [0.15, 0.2) is 47.3 Å². The molecule has 0 aliphatic rings. The van der Waals surface area contributed by atoms with Gasteiger partial charge in [0.15, 0.2) is 0 Å². The van der Waals surface area contributed by atoms with E-state index in [2.05, 4.69) is 4.98 Å². The molecule has 3 rings (SSSR count). The van der Waals surface area contributed by atoms with Crippen molar-refractivity contribution in [1.82, 2.24) is 9.55 Å². The smallest absolute Gasteiger partial charge is 0.337 e. The second kappa shape index (κ2) is 4.54. The predicted octanol–water partition coefficient (Wildman–Crippen LogP) is 2.67. The zero-order chi connectivity index (χ0) is 14.3. The van der Waals surface area contributed by atoms with Gasteiger partial charge in [-0.2, -0.15) is 0 Å². The highest BCUT2D eigenvalue weighted by atomic mass is 35.5. The summed E-state index contributed by atoms with van der Waals surface area (Å²) in [5.41, 5.74) is 1.04. The lowest BCUT2D eigenvalue weighted by atomic mass is 10.2. The summed E-state index contributed by atoms with van der Waals surface area (Å²) in [6, 6.07) is 11.3. The Labute approximate surface area is 118 Å². The van der Waals surface area contributed by atoms with Gasteiger partial charge in [0.2, 0.25) is 0 Å². The van der Waals surface area contributed by atoms with Gasteiger partial charge < -0.3 is 10.1 Å². The van der Waals surface area contributed by atoms with Gasteiger partial charge in [-0.05, 0) is 36.4 Å². The summed E-state index contributed by atoms with van der Waals surface area (Å²) in [5.74, 6) is -1.09. The molecule has 0 saturated carbocycles. The number of nitrogens with one attached hydrogen (secondary N) is 1. The van der Waals surface area contributed by atoms with Gasteiger partial charge in [0, 0.05) is 5.02 Å². The Hall–Kier alpha value is -2.53. The SMILES string of the molecule is O=C(O)c1cccc2[nH]c(=O)n(-c3ccc(Cl)cc3)c12. The maximum atomic E-state index is 12.1. The molecular weight excluding hydrogens is 280 g/mol. The number of rotatable bonds is 2. The summed E-state index contributed by atoms with van der Waals surface area (Å²) in [5, 5.41) is 9.80. The number of hydrogen-bond acceptors (Lipinski definition) is 2.